The molecular formula is C19H30O6. The molecule has 2 N–H and O–H groups in total. The van der Waals surface area contributed by atoms with Crippen molar-refractivity contribution in [1.82, 2.24) is 0 Å². The minimum absolute atomic E-state index is 0.125. The largest absolute Gasteiger partial charge is 0.511 e. The second-order valence-corrected chi connectivity index (χ2v) is 5.80. The molecule has 6 nitrogen and oxygen atoms in total. The van der Waals surface area contributed by atoms with Crippen LogP contribution in [-0.4, -0.2) is 29.6 Å². The topological polar surface area (TPSA) is 85.2 Å². The highest BCUT2D eigenvalue weighted by atomic mass is 16.7. The summed E-state index contributed by atoms with van der Waals surface area (Å²) in [7, 11) is 0. The van der Waals surface area contributed by atoms with Gasteiger partial charge in [-0.25, -0.2) is 4.79 Å². The summed E-state index contributed by atoms with van der Waals surface area (Å²) in [5, 5.41) is 19.3. The Morgan fingerprint density at radius 1 is 1.04 bits per heavy atom. The highest BCUT2D eigenvalue weighted by molar-refractivity contribution is 5.63. The van der Waals surface area contributed by atoms with Crippen molar-refractivity contribution in [3.05, 3.63) is 23.8 Å². The Labute approximate surface area is 149 Å². The number of para-hydroxylation sites is 1. The fourth-order valence-corrected chi connectivity index (χ4v) is 2.91. The monoisotopic (exact) mass is 354 g/mol. The van der Waals surface area contributed by atoms with E-state index >= 15 is 0 Å². The molecule has 0 bridgehead atoms. The van der Waals surface area contributed by atoms with Gasteiger partial charge in [0.05, 0.1) is 5.56 Å². The SMILES string of the molecule is CCCCCCCC(OCC)(OCC)c1cccc(OC(=O)O)c1O. The summed E-state index contributed by atoms with van der Waals surface area (Å²) in [5.41, 5.74) is 0.394. The maximum absolute atomic E-state index is 10.8. The molecule has 0 spiro atoms. The van der Waals surface area contributed by atoms with Crippen molar-refractivity contribution in [3.8, 4) is 11.5 Å². The van der Waals surface area contributed by atoms with E-state index in [1.165, 1.54) is 12.5 Å². The van der Waals surface area contributed by atoms with Crippen molar-refractivity contribution in [2.24, 2.45) is 0 Å². The van der Waals surface area contributed by atoms with Gasteiger partial charge in [-0.05, 0) is 32.4 Å². The van der Waals surface area contributed by atoms with Crippen LogP contribution in [0.3, 0.4) is 0 Å². The minimum Gasteiger partial charge on any atom is -0.504 e. The summed E-state index contributed by atoms with van der Waals surface area (Å²) in [4.78, 5) is 10.8. The molecule has 0 heterocycles. The van der Waals surface area contributed by atoms with E-state index in [9.17, 15) is 9.90 Å². The standard InChI is InChI=1S/C19H30O6/c1-4-7-8-9-10-14-19(23-5-2,24-6-3)15-12-11-13-16(17(15)20)25-18(21)22/h11-13,20H,4-10,14H2,1-3H3,(H,21,22). The van der Waals surface area contributed by atoms with E-state index in [1.807, 2.05) is 13.8 Å². The molecule has 0 aliphatic heterocycles. The van der Waals surface area contributed by atoms with Gasteiger partial charge in [-0.2, -0.15) is 0 Å². The third-order valence-corrected chi connectivity index (χ3v) is 3.97. The maximum atomic E-state index is 10.8. The number of hydrogen-bond donors (Lipinski definition) is 2. The van der Waals surface area contributed by atoms with Gasteiger partial charge in [-0.3, -0.25) is 0 Å². The first-order valence-electron chi connectivity index (χ1n) is 9.01. The summed E-state index contributed by atoms with van der Waals surface area (Å²) in [6, 6.07) is 4.70. The van der Waals surface area contributed by atoms with Gasteiger partial charge < -0.3 is 24.4 Å². The quantitative estimate of drug-likeness (QED) is 0.237. The lowest BCUT2D eigenvalue weighted by Crippen LogP contribution is -2.33. The van der Waals surface area contributed by atoms with E-state index in [2.05, 4.69) is 11.7 Å². The fourth-order valence-electron chi connectivity index (χ4n) is 2.91. The summed E-state index contributed by atoms with van der Waals surface area (Å²) in [5.74, 6) is -1.50. The van der Waals surface area contributed by atoms with Gasteiger partial charge in [0.2, 0.25) is 0 Å². The number of hydrogen-bond acceptors (Lipinski definition) is 5. The zero-order valence-corrected chi connectivity index (χ0v) is 15.4. The average Bonchev–Trinajstić information content (AvgIpc) is 2.56. The number of benzene rings is 1. The van der Waals surface area contributed by atoms with E-state index in [1.54, 1.807) is 12.1 Å². The van der Waals surface area contributed by atoms with Crippen molar-refractivity contribution in [2.45, 2.75) is 65.1 Å². The van der Waals surface area contributed by atoms with Crippen LogP contribution in [0.1, 0.15) is 64.9 Å². The van der Waals surface area contributed by atoms with Crippen LogP contribution < -0.4 is 4.74 Å². The number of aromatic hydroxyl groups is 1. The zero-order valence-electron chi connectivity index (χ0n) is 15.4. The number of phenolic OH excluding ortho intramolecular Hbond substituents is 1. The summed E-state index contributed by atoms with van der Waals surface area (Å²) in [6.45, 7) is 6.69. The molecule has 0 unspecified atom stereocenters. The number of phenols is 1. The fraction of sp³-hybridized carbons (Fsp3) is 0.632. The lowest BCUT2D eigenvalue weighted by molar-refractivity contribution is -0.248. The predicted molar refractivity (Wildman–Crippen MR) is 95.1 cm³/mol. The second-order valence-electron chi connectivity index (χ2n) is 5.80. The summed E-state index contributed by atoms with van der Waals surface area (Å²) >= 11 is 0. The van der Waals surface area contributed by atoms with Crippen LogP contribution in [0.25, 0.3) is 0 Å². The van der Waals surface area contributed by atoms with Crippen molar-refractivity contribution in [2.75, 3.05) is 13.2 Å². The van der Waals surface area contributed by atoms with Gasteiger partial charge in [0.1, 0.15) is 0 Å². The predicted octanol–water partition coefficient (Wildman–Crippen LogP) is 5.04. The normalized spacial score (nSPS) is 11.5. The number of carboxylic acid groups (broad SMARTS) is 1. The first-order valence-corrected chi connectivity index (χ1v) is 9.01. The van der Waals surface area contributed by atoms with Crippen molar-refractivity contribution in [1.29, 1.82) is 0 Å². The molecule has 0 fully saturated rings. The van der Waals surface area contributed by atoms with Crippen LogP contribution in [0, 0.1) is 0 Å². The molecule has 142 valence electrons. The molecule has 1 aromatic rings. The molecule has 1 rings (SSSR count). The molecule has 0 atom stereocenters. The number of unbranched alkanes of at least 4 members (excludes halogenated alkanes) is 4. The van der Waals surface area contributed by atoms with Crippen LogP contribution >= 0.6 is 0 Å². The molecule has 0 aromatic heterocycles. The van der Waals surface area contributed by atoms with Gasteiger partial charge >= 0.3 is 6.16 Å². The molecule has 0 aliphatic rings. The maximum Gasteiger partial charge on any atom is 0.511 e. The number of carbonyl (C=O) groups is 1. The van der Waals surface area contributed by atoms with Gasteiger partial charge in [0.25, 0.3) is 0 Å². The molecule has 25 heavy (non-hydrogen) atoms. The number of rotatable bonds is 12. The average molecular weight is 354 g/mol. The Balaban J connectivity index is 3.10. The Kier molecular flexibility index (Phi) is 9.31. The van der Waals surface area contributed by atoms with E-state index in [4.69, 9.17) is 14.6 Å². The third-order valence-electron chi connectivity index (χ3n) is 3.97. The molecule has 6 heteroatoms. The lowest BCUT2D eigenvalue weighted by atomic mass is 9.96. The van der Waals surface area contributed by atoms with Gasteiger partial charge in [0.15, 0.2) is 17.3 Å². The van der Waals surface area contributed by atoms with Crippen LogP contribution in [0.15, 0.2) is 18.2 Å². The Morgan fingerprint density at radius 2 is 1.68 bits per heavy atom. The van der Waals surface area contributed by atoms with E-state index in [0.29, 0.717) is 25.2 Å². The molecule has 0 radical (unpaired) electrons. The second kappa shape index (κ2) is 10.9. The number of ether oxygens (including phenoxy) is 3. The minimum atomic E-state index is -1.48. The lowest BCUT2D eigenvalue weighted by Gasteiger charge is -2.34. The zero-order chi connectivity index (χ0) is 18.7. The highest BCUT2D eigenvalue weighted by Gasteiger charge is 2.37. The Bertz CT molecular complexity index is 523. The summed E-state index contributed by atoms with van der Waals surface area (Å²) < 4.78 is 16.5. The van der Waals surface area contributed by atoms with Gasteiger partial charge in [-0.15, -0.1) is 0 Å². The van der Waals surface area contributed by atoms with E-state index < -0.39 is 11.9 Å². The van der Waals surface area contributed by atoms with Crippen LogP contribution in [0.5, 0.6) is 11.5 Å². The highest BCUT2D eigenvalue weighted by Crippen LogP contribution is 2.42. The molecular weight excluding hydrogens is 324 g/mol. The van der Waals surface area contributed by atoms with Crippen molar-refractivity contribution >= 4 is 6.16 Å². The smallest absolute Gasteiger partial charge is 0.504 e. The Morgan fingerprint density at radius 3 is 2.24 bits per heavy atom. The summed E-state index contributed by atoms with van der Waals surface area (Å²) in [6.07, 6.45) is 4.50. The molecule has 0 aliphatic carbocycles. The van der Waals surface area contributed by atoms with Crippen LogP contribution in [-0.2, 0) is 15.3 Å². The Hall–Kier alpha value is -1.79. The first kappa shape index (κ1) is 21.3. The van der Waals surface area contributed by atoms with E-state index in [0.717, 1.165) is 25.7 Å². The van der Waals surface area contributed by atoms with E-state index in [-0.39, 0.29) is 11.5 Å². The van der Waals surface area contributed by atoms with Gasteiger partial charge in [0, 0.05) is 19.6 Å². The van der Waals surface area contributed by atoms with Crippen LogP contribution in [0.4, 0.5) is 4.79 Å². The first-order chi connectivity index (χ1) is 12.0. The third kappa shape index (κ3) is 6.21. The van der Waals surface area contributed by atoms with Crippen LogP contribution in [0.2, 0.25) is 0 Å². The molecule has 0 saturated carbocycles. The molecule has 0 amide bonds. The van der Waals surface area contributed by atoms with Crippen molar-refractivity contribution < 1.29 is 29.2 Å². The van der Waals surface area contributed by atoms with Gasteiger partial charge in [-0.1, -0.05) is 38.7 Å². The molecule has 0 saturated heterocycles. The molecule has 1 aromatic carbocycles. The van der Waals surface area contributed by atoms with Crippen molar-refractivity contribution in [3.63, 3.8) is 0 Å².